The van der Waals surface area contributed by atoms with E-state index in [2.05, 4.69) is 5.32 Å². The maximum Gasteiger partial charge on any atom is 0.226 e. The minimum atomic E-state index is -0.350. The van der Waals surface area contributed by atoms with Gasteiger partial charge >= 0.3 is 0 Å². The van der Waals surface area contributed by atoms with Crippen molar-refractivity contribution < 1.29 is 14.3 Å². The Balaban J connectivity index is 0.00000312. The topological polar surface area (TPSA) is 73.6 Å². The lowest BCUT2D eigenvalue weighted by molar-refractivity contribution is -0.116. The molecule has 2 aromatic rings. The van der Waals surface area contributed by atoms with Gasteiger partial charge in [0.25, 0.3) is 0 Å². The van der Waals surface area contributed by atoms with Crippen LogP contribution < -0.4 is 20.5 Å². The van der Waals surface area contributed by atoms with Crippen molar-refractivity contribution in [2.24, 2.45) is 5.73 Å². The first-order valence-corrected chi connectivity index (χ1v) is 8.14. The van der Waals surface area contributed by atoms with Gasteiger partial charge in [-0.15, -0.1) is 12.4 Å². The highest BCUT2D eigenvalue weighted by molar-refractivity contribution is 5.93. The molecule has 0 saturated heterocycles. The molecule has 0 aliphatic rings. The lowest BCUT2D eigenvalue weighted by Crippen LogP contribution is -2.21. The number of halogens is 1. The van der Waals surface area contributed by atoms with E-state index in [1.807, 2.05) is 50.2 Å². The molecule has 136 valence electrons. The molecule has 25 heavy (non-hydrogen) atoms. The van der Waals surface area contributed by atoms with E-state index in [-0.39, 0.29) is 30.8 Å². The highest BCUT2D eigenvalue weighted by Gasteiger charge is 2.14. The summed E-state index contributed by atoms with van der Waals surface area (Å²) in [4.78, 5) is 12.3. The Hall–Kier alpha value is -2.24. The predicted octanol–water partition coefficient (Wildman–Crippen LogP) is 3.93. The number of hydrogen-bond acceptors (Lipinski definition) is 4. The minimum absolute atomic E-state index is 0. The smallest absolute Gasteiger partial charge is 0.226 e. The molecular weight excluding hydrogens is 340 g/mol. The van der Waals surface area contributed by atoms with Crippen LogP contribution in [0.1, 0.15) is 31.9 Å². The van der Waals surface area contributed by atoms with Crippen molar-refractivity contribution in [3.05, 3.63) is 54.1 Å². The second kappa shape index (κ2) is 10.6. The summed E-state index contributed by atoms with van der Waals surface area (Å²) in [5.41, 5.74) is 7.63. The van der Waals surface area contributed by atoms with E-state index >= 15 is 0 Å². The van der Waals surface area contributed by atoms with Gasteiger partial charge in [0.15, 0.2) is 0 Å². The van der Waals surface area contributed by atoms with Crippen molar-refractivity contribution in [2.45, 2.75) is 26.3 Å². The maximum atomic E-state index is 12.3. The van der Waals surface area contributed by atoms with Gasteiger partial charge in [-0.2, -0.15) is 0 Å². The van der Waals surface area contributed by atoms with Crippen LogP contribution in [-0.4, -0.2) is 19.1 Å². The molecule has 0 heterocycles. The Morgan fingerprint density at radius 3 is 2.40 bits per heavy atom. The van der Waals surface area contributed by atoms with Gasteiger partial charge in [-0.05, 0) is 31.5 Å². The van der Waals surface area contributed by atoms with Gasteiger partial charge in [-0.1, -0.05) is 30.3 Å². The van der Waals surface area contributed by atoms with Crippen LogP contribution in [0.15, 0.2) is 48.5 Å². The van der Waals surface area contributed by atoms with Gasteiger partial charge in [0, 0.05) is 18.5 Å². The Labute approximate surface area is 154 Å². The number of carbonyl (C=O) groups is 1. The summed E-state index contributed by atoms with van der Waals surface area (Å²) in [6.45, 7) is 4.88. The molecule has 0 spiro atoms. The normalized spacial score (nSPS) is 11.2. The Morgan fingerprint density at radius 1 is 1.08 bits per heavy atom. The third kappa shape index (κ3) is 6.29. The highest BCUT2D eigenvalue weighted by atomic mass is 35.5. The number of carbonyl (C=O) groups excluding carboxylic acids is 1. The summed E-state index contributed by atoms with van der Waals surface area (Å²) in [5, 5.41) is 2.87. The highest BCUT2D eigenvalue weighted by Crippen LogP contribution is 2.30. The van der Waals surface area contributed by atoms with Crippen molar-refractivity contribution >= 4 is 24.0 Å². The van der Waals surface area contributed by atoms with Crippen LogP contribution in [0, 0.1) is 0 Å². The largest absolute Gasteiger partial charge is 0.494 e. The van der Waals surface area contributed by atoms with E-state index < -0.39 is 0 Å². The Kier molecular flexibility index (Phi) is 8.81. The van der Waals surface area contributed by atoms with Crippen molar-refractivity contribution in [1.29, 1.82) is 0 Å². The van der Waals surface area contributed by atoms with Crippen LogP contribution in [-0.2, 0) is 4.79 Å². The lowest BCUT2D eigenvalue weighted by Gasteiger charge is -2.15. The molecule has 1 unspecified atom stereocenters. The third-order valence-electron chi connectivity index (χ3n) is 3.47. The average molecular weight is 365 g/mol. The van der Waals surface area contributed by atoms with Crippen LogP contribution in [0.2, 0.25) is 0 Å². The Morgan fingerprint density at radius 2 is 1.76 bits per heavy atom. The van der Waals surface area contributed by atoms with E-state index in [1.54, 1.807) is 12.1 Å². The molecule has 3 N–H and O–H groups in total. The van der Waals surface area contributed by atoms with Gasteiger partial charge < -0.3 is 20.5 Å². The number of nitrogens with one attached hydrogen (secondary N) is 1. The maximum absolute atomic E-state index is 12.3. The lowest BCUT2D eigenvalue weighted by atomic mass is 10.0. The molecule has 0 aliphatic carbocycles. The molecule has 6 heteroatoms. The number of anilines is 1. The first kappa shape index (κ1) is 20.8. The van der Waals surface area contributed by atoms with E-state index in [1.165, 1.54) is 0 Å². The molecule has 0 fully saturated rings. The van der Waals surface area contributed by atoms with Crippen molar-refractivity contribution in [1.82, 2.24) is 0 Å². The van der Waals surface area contributed by atoms with Crippen molar-refractivity contribution in [3.8, 4) is 11.5 Å². The first-order valence-electron chi connectivity index (χ1n) is 8.14. The summed E-state index contributed by atoms with van der Waals surface area (Å²) < 4.78 is 11.0. The van der Waals surface area contributed by atoms with Crippen LogP contribution in [0.3, 0.4) is 0 Å². The number of hydrogen-bond donors (Lipinski definition) is 2. The molecule has 2 aromatic carbocycles. The van der Waals surface area contributed by atoms with Crippen LogP contribution >= 0.6 is 12.4 Å². The molecule has 0 bridgehead atoms. The molecule has 1 amide bonds. The summed E-state index contributed by atoms with van der Waals surface area (Å²) in [5.74, 6) is 1.13. The molecule has 0 aliphatic heterocycles. The Bertz CT molecular complexity index is 665. The van der Waals surface area contributed by atoms with E-state index in [9.17, 15) is 4.79 Å². The second-order valence-electron chi connectivity index (χ2n) is 5.29. The van der Waals surface area contributed by atoms with Gasteiger partial charge in [-0.25, -0.2) is 0 Å². The summed E-state index contributed by atoms with van der Waals surface area (Å²) in [6.07, 6.45) is 0.189. The SMILES string of the molecule is CCOc1ccc(OCC)c(NC(=O)CC(N)c2ccccc2)c1.Cl. The quantitative estimate of drug-likeness (QED) is 0.744. The number of nitrogens with two attached hydrogens (primary N) is 1. The van der Waals surface area contributed by atoms with Crippen LogP contribution in [0.4, 0.5) is 5.69 Å². The van der Waals surface area contributed by atoms with Gasteiger partial charge in [-0.3, -0.25) is 4.79 Å². The molecule has 0 radical (unpaired) electrons. The fourth-order valence-electron chi connectivity index (χ4n) is 2.36. The fourth-order valence-corrected chi connectivity index (χ4v) is 2.36. The molecule has 2 rings (SSSR count). The van der Waals surface area contributed by atoms with Crippen molar-refractivity contribution in [2.75, 3.05) is 18.5 Å². The standard InChI is InChI=1S/C19H24N2O3.ClH/c1-3-23-15-10-11-18(24-4-2)17(12-15)21-19(22)13-16(20)14-8-6-5-7-9-14;/h5-12,16H,3-4,13,20H2,1-2H3,(H,21,22);1H. The third-order valence-corrected chi connectivity index (χ3v) is 3.47. The van der Waals surface area contributed by atoms with E-state index in [4.69, 9.17) is 15.2 Å². The minimum Gasteiger partial charge on any atom is -0.494 e. The zero-order chi connectivity index (χ0) is 17.4. The zero-order valence-electron chi connectivity index (χ0n) is 14.5. The molecule has 0 aromatic heterocycles. The van der Waals surface area contributed by atoms with Crippen LogP contribution in [0.25, 0.3) is 0 Å². The van der Waals surface area contributed by atoms with Gasteiger partial charge in [0.05, 0.1) is 18.9 Å². The molecule has 1 atom stereocenters. The number of rotatable bonds is 8. The number of amides is 1. The number of benzene rings is 2. The summed E-state index contributed by atoms with van der Waals surface area (Å²) in [7, 11) is 0. The van der Waals surface area contributed by atoms with Crippen molar-refractivity contribution in [3.63, 3.8) is 0 Å². The van der Waals surface area contributed by atoms with E-state index in [0.29, 0.717) is 30.4 Å². The second-order valence-corrected chi connectivity index (χ2v) is 5.29. The summed E-state index contributed by atoms with van der Waals surface area (Å²) in [6, 6.07) is 14.6. The van der Waals surface area contributed by atoms with Crippen LogP contribution in [0.5, 0.6) is 11.5 Å². The predicted molar refractivity (Wildman–Crippen MR) is 103 cm³/mol. The average Bonchev–Trinajstić information content (AvgIpc) is 2.58. The molecular formula is C19H25ClN2O3. The first-order chi connectivity index (χ1) is 11.6. The molecule has 0 saturated carbocycles. The zero-order valence-corrected chi connectivity index (χ0v) is 15.3. The van der Waals surface area contributed by atoms with E-state index in [0.717, 1.165) is 5.56 Å². The monoisotopic (exact) mass is 364 g/mol. The van der Waals surface area contributed by atoms with Gasteiger partial charge in [0.1, 0.15) is 11.5 Å². The fraction of sp³-hybridized carbons (Fsp3) is 0.316. The van der Waals surface area contributed by atoms with Gasteiger partial charge in [0.2, 0.25) is 5.91 Å². The summed E-state index contributed by atoms with van der Waals surface area (Å²) >= 11 is 0. The molecule has 5 nitrogen and oxygen atoms in total. The number of ether oxygens (including phenoxy) is 2.